The molecule has 2 heterocycles. The third-order valence-electron chi connectivity index (χ3n) is 8.65. The number of esters is 1. The van der Waals surface area contributed by atoms with Crippen molar-refractivity contribution in [3.05, 3.63) is 11.9 Å². The maximum atomic E-state index is 13.0. The van der Waals surface area contributed by atoms with Crippen LogP contribution in [-0.4, -0.2) is 113 Å². The first-order chi connectivity index (χ1) is 21.4. The molecule has 0 bridgehead atoms. The van der Waals surface area contributed by atoms with Crippen LogP contribution in [0.1, 0.15) is 67.0 Å². The molecule has 0 aromatic carbocycles. The molecular weight excluding hydrogens is 604 g/mol. The Kier molecular flexibility index (Phi) is 13.9. The zero-order valence-electron chi connectivity index (χ0n) is 27.9. The Morgan fingerprint density at radius 1 is 1.17 bits per heavy atom. The Morgan fingerprint density at radius 3 is 2.43 bits per heavy atom. The molecule has 0 saturated carbocycles. The first kappa shape index (κ1) is 38.8. The summed E-state index contributed by atoms with van der Waals surface area (Å²) in [5.74, 6) is -4.34. The van der Waals surface area contributed by atoms with E-state index in [1.807, 2.05) is 0 Å². The van der Waals surface area contributed by atoms with E-state index in [-0.39, 0.29) is 37.7 Å². The molecule has 10 atom stereocenters. The molecule has 0 radical (unpaired) electrons. The number of carbonyl (C=O) groups is 2. The fourth-order valence-electron chi connectivity index (χ4n) is 5.71. The summed E-state index contributed by atoms with van der Waals surface area (Å²) in [5, 5.41) is 73.3. The number of guanidine groups is 1. The van der Waals surface area contributed by atoms with Crippen molar-refractivity contribution in [3.63, 3.8) is 0 Å². The molecule has 17 nitrogen and oxygen atoms in total. The van der Waals surface area contributed by atoms with Gasteiger partial charge >= 0.3 is 12.0 Å². The second kappa shape index (κ2) is 16.4. The maximum Gasteiger partial charge on any atom is 0.321 e. The predicted molar refractivity (Wildman–Crippen MR) is 167 cm³/mol. The third-order valence-corrected chi connectivity index (χ3v) is 8.65. The molecule has 1 fully saturated rings. The Hall–Kier alpha value is -3.38. The number of oxime groups is 1. The van der Waals surface area contributed by atoms with Gasteiger partial charge in [-0.05, 0) is 33.6 Å². The minimum absolute atomic E-state index is 0.0541. The van der Waals surface area contributed by atoms with Gasteiger partial charge in [0.15, 0.2) is 12.6 Å². The Labute approximate surface area is 269 Å². The topological polar surface area (TPSA) is 259 Å². The molecule has 1 aromatic heterocycles. The number of urea groups is 1. The van der Waals surface area contributed by atoms with E-state index in [9.17, 15) is 35.1 Å². The van der Waals surface area contributed by atoms with Crippen LogP contribution in [0.2, 0.25) is 0 Å². The monoisotopic (exact) mass is 656 g/mol. The molecule has 46 heavy (non-hydrogen) atoms. The average molecular weight is 657 g/mol. The van der Waals surface area contributed by atoms with E-state index in [0.29, 0.717) is 12.2 Å². The van der Waals surface area contributed by atoms with Gasteiger partial charge in [-0.1, -0.05) is 38.1 Å². The lowest BCUT2D eigenvalue weighted by Gasteiger charge is -2.42. The fourth-order valence-corrected chi connectivity index (χ4v) is 5.71. The van der Waals surface area contributed by atoms with E-state index in [2.05, 4.69) is 31.1 Å². The molecule has 2 amide bonds. The molecule has 9 N–H and O–H groups in total. The normalized spacial score (nSPS) is 36.1. The van der Waals surface area contributed by atoms with Crippen molar-refractivity contribution in [2.45, 2.75) is 110 Å². The van der Waals surface area contributed by atoms with Gasteiger partial charge in [-0.3, -0.25) is 19.8 Å². The summed E-state index contributed by atoms with van der Waals surface area (Å²) in [4.78, 5) is 33.9. The van der Waals surface area contributed by atoms with Crippen molar-refractivity contribution in [1.82, 2.24) is 25.6 Å². The molecule has 1 aliphatic heterocycles. The van der Waals surface area contributed by atoms with Crippen molar-refractivity contribution in [2.24, 2.45) is 39.6 Å². The van der Waals surface area contributed by atoms with Crippen LogP contribution in [0.3, 0.4) is 0 Å². The lowest BCUT2D eigenvalue weighted by atomic mass is 9.74. The minimum atomic E-state index is -1.93. The number of nitrogens with two attached hydrogens (primary N) is 1. The number of hydrogen-bond donors (Lipinski definition) is 8. The lowest BCUT2D eigenvalue weighted by molar-refractivity contribution is -0.191. The van der Waals surface area contributed by atoms with Crippen LogP contribution in [0.5, 0.6) is 0 Å². The van der Waals surface area contributed by atoms with E-state index in [4.69, 9.17) is 15.3 Å². The molecule has 17 heteroatoms. The largest absolute Gasteiger partial charge is 0.459 e. The van der Waals surface area contributed by atoms with Crippen LogP contribution >= 0.6 is 0 Å². The SMILES string of the molecule is CC[C@H]1OC(=O)[C@H](C)[C@@H](O)[C@H](C)[C@@H](O)[C@](C)(O)C[C@@H](C)/C(=N\OCc2cn(CCN=C(N)NC(=O)NC)nn2)[C@H](C)[C@@H](O)[C@]1(C)O. The minimum Gasteiger partial charge on any atom is -0.459 e. The lowest BCUT2D eigenvalue weighted by Crippen LogP contribution is -2.57. The summed E-state index contributed by atoms with van der Waals surface area (Å²) < 4.78 is 7.08. The van der Waals surface area contributed by atoms with Crippen LogP contribution in [0.4, 0.5) is 4.79 Å². The number of nitrogens with zero attached hydrogens (tertiary/aromatic N) is 5. The summed E-state index contributed by atoms with van der Waals surface area (Å²) in [6.07, 6.45) is -3.74. The van der Waals surface area contributed by atoms with Crippen LogP contribution < -0.4 is 16.4 Å². The average Bonchev–Trinajstić information content (AvgIpc) is 3.45. The number of nitrogens with one attached hydrogen (secondary N) is 2. The van der Waals surface area contributed by atoms with E-state index in [1.54, 1.807) is 27.0 Å². The number of aromatic nitrogens is 3. The highest BCUT2D eigenvalue weighted by Crippen LogP contribution is 2.34. The molecule has 1 saturated heterocycles. The number of ether oxygens (including phenoxy) is 1. The molecule has 0 aliphatic carbocycles. The first-order valence-corrected chi connectivity index (χ1v) is 15.4. The maximum absolute atomic E-state index is 13.0. The van der Waals surface area contributed by atoms with Crippen molar-refractivity contribution in [2.75, 3.05) is 13.6 Å². The number of amides is 2. The van der Waals surface area contributed by atoms with Crippen LogP contribution in [0.25, 0.3) is 0 Å². The standard InChI is InChI=1S/C29H52N8O9/c1-9-20-29(7,44)24(40)16(3)21(15(2)12-28(6,43)23(39)17(4)22(38)18(5)25(41)46-20)35-45-14-19-13-37(36-34-19)11-10-32-26(30)33-27(42)31-8/h13,15-18,20,22-24,38-40,43-44H,9-12,14H2,1-8H3,(H4,30,31,32,33,42)/b35-21+/t15-,16+,17+,18-,20-,22+,23-,24-,28-,29-/m1/s1. The van der Waals surface area contributed by atoms with E-state index in [1.165, 1.54) is 39.4 Å². The van der Waals surface area contributed by atoms with Gasteiger partial charge in [-0.2, -0.15) is 0 Å². The second-order valence-corrected chi connectivity index (χ2v) is 12.6. The molecule has 1 aromatic rings. The van der Waals surface area contributed by atoms with Crippen molar-refractivity contribution < 1.29 is 44.7 Å². The van der Waals surface area contributed by atoms with Gasteiger partial charge in [0.05, 0.1) is 54.8 Å². The van der Waals surface area contributed by atoms with Crippen molar-refractivity contribution >= 4 is 23.7 Å². The third kappa shape index (κ3) is 9.81. The molecular formula is C29H52N8O9. The van der Waals surface area contributed by atoms with E-state index < -0.39 is 71.3 Å². The predicted octanol–water partition coefficient (Wildman–Crippen LogP) is -0.751. The summed E-state index contributed by atoms with van der Waals surface area (Å²) in [5.41, 5.74) is 2.63. The Bertz CT molecular complexity index is 1220. The zero-order valence-corrected chi connectivity index (χ0v) is 27.9. The van der Waals surface area contributed by atoms with E-state index >= 15 is 0 Å². The van der Waals surface area contributed by atoms with Crippen molar-refractivity contribution in [1.29, 1.82) is 0 Å². The van der Waals surface area contributed by atoms with Gasteiger partial charge in [0, 0.05) is 24.8 Å². The summed E-state index contributed by atoms with van der Waals surface area (Å²) in [7, 11) is 1.45. The quantitative estimate of drug-likeness (QED) is 0.0780. The molecule has 0 spiro atoms. The summed E-state index contributed by atoms with van der Waals surface area (Å²) >= 11 is 0. The van der Waals surface area contributed by atoms with E-state index in [0.717, 1.165) is 0 Å². The fraction of sp³-hybridized carbons (Fsp3) is 0.793. The first-order valence-electron chi connectivity index (χ1n) is 15.4. The highest BCUT2D eigenvalue weighted by Gasteiger charge is 2.48. The molecule has 262 valence electrons. The number of aliphatic imine (C=N–C) groups is 1. The van der Waals surface area contributed by atoms with Gasteiger partial charge in [0.25, 0.3) is 0 Å². The second-order valence-electron chi connectivity index (χ2n) is 12.6. The number of cyclic esters (lactones) is 1. The highest BCUT2D eigenvalue weighted by molar-refractivity contribution is 5.95. The summed E-state index contributed by atoms with van der Waals surface area (Å²) in [6.45, 7) is 11.2. The number of hydrogen-bond acceptors (Lipinski definition) is 13. The number of aliphatic hydroxyl groups excluding tert-OH is 3. The smallest absolute Gasteiger partial charge is 0.321 e. The molecule has 2 rings (SSSR count). The van der Waals surface area contributed by atoms with Crippen LogP contribution in [0, 0.1) is 23.7 Å². The molecule has 0 unspecified atom stereocenters. The van der Waals surface area contributed by atoms with Crippen molar-refractivity contribution in [3.8, 4) is 0 Å². The van der Waals surface area contributed by atoms with Crippen LogP contribution in [0.15, 0.2) is 16.3 Å². The number of carbonyl (C=O) groups excluding carboxylic acids is 2. The Balaban J connectivity index is 2.33. The van der Waals surface area contributed by atoms with Gasteiger partial charge in [0.1, 0.15) is 17.4 Å². The van der Waals surface area contributed by atoms with Gasteiger partial charge in [-0.25, -0.2) is 4.79 Å². The number of aliphatic hydroxyl groups is 5. The number of rotatable bonds is 7. The van der Waals surface area contributed by atoms with Gasteiger partial charge in [0.2, 0.25) is 0 Å². The zero-order chi connectivity index (χ0) is 35.0. The molecule has 1 aliphatic rings. The summed E-state index contributed by atoms with van der Waals surface area (Å²) in [6, 6.07) is -0.494. The van der Waals surface area contributed by atoms with Crippen LogP contribution in [-0.2, 0) is 27.5 Å². The van der Waals surface area contributed by atoms with Gasteiger partial charge < -0.3 is 46.2 Å². The van der Waals surface area contributed by atoms with Gasteiger partial charge in [-0.15, -0.1) is 5.10 Å². The Morgan fingerprint density at radius 2 is 1.83 bits per heavy atom. The highest BCUT2D eigenvalue weighted by atomic mass is 16.6.